The third-order valence-corrected chi connectivity index (χ3v) is 2.49. The Kier molecular flexibility index (Phi) is 4.90. The number of aryl methyl sites for hydroxylation is 1. The van der Waals surface area contributed by atoms with Crippen molar-refractivity contribution in [2.45, 2.75) is 26.3 Å². The average Bonchev–Trinajstić information content (AvgIpc) is 2.29. The minimum Gasteiger partial charge on any atom is -0.383 e. The van der Waals surface area contributed by atoms with E-state index in [0.29, 0.717) is 13.0 Å². The number of nitro groups is 1. The maximum atomic E-state index is 10.9. The molecule has 0 aliphatic carbocycles. The van der Waals surface area contributed by atoms with Crippen molar-refractivity contribution in [1.29, 1.82) is 0 Å². The molecule has 0 spiro atoms. The molecule has 0 amide bonds. The molecular formula is C12H18N2O3. The van der Waals surface area contributed by atoms with Gasteiger partial charge in [-0.1, -0.05) is 13.0 Å². The average molecular weight is 238 g/mol. The van der Waals surface area contributed by atoms with Crippen LogP contribution >= 0.6 is 0 Å². The first-order chi connectivity index (χ1) is 8.08. The third kappa shape index (κ3) is 3.71. The lowest BCUT2D eigenvalue weighted by Crippen LogP contribution is -2.20. The van der Waals surface area contributed by atoms with Crippen LogP contribution in [0.4, 0.5) is 11.4 Å². The predicted octanol–water partition coefficient (Wildman–Crippen LogP) is 2.60. The van der Waals surface area contributed by atoms with Crippen LogP contribution in [0.5, 0.6) is 0 Å². The van der Waals surface area contributed by atoms with Gasteiger partial charge in [-0.15, -0.1) is 0 Å². The van der Waals surface area contributed by atoms with Crippen molar-refractivity contribution in [1.82, 2.24) is 0 Å². The Morgan fingerprint density at radius 2 is 2.24 bits per heavy atom. The van der Waals surface area contributed by atoms with Gasteiger partial charge in [0.1, 0.15) is 0 Å². The topological polar surface area (TPSA) is 64.4 Å². The van der Waals surface area contributed by atoms with Gasteiger partial charge < -0.3 is 10.1 Å². The highest BCUT2D eigenvalue weighted by molar-refractivity contribution is 5.55. The summed E-state index contributed by atoms with van der Waals surface area (Å²) in [5, 5.41) is 14.1. The maximum Gasteiger partial charge on any atom is 0.274 e. The maximum absolute atomic E-state index is 10.9. The Bertz CT molecular complexity index is 393. The summed E-state index contributed by atoms with van der Waals surface area (Å²) >= 11 is 0. The molecular weight excluding hydrogens is 220 g/mol. The summed E-state index contributed by atoms with van der Waals surface area (Å²) < 4.78 is 5.00. The van der Waals surface area contributed by atoms with Gasteiger partial charge in [0.2, 0.25) is 0 Å². The van der Waals surface area contributed by atoms with Crippen LogP contribution in [0, 0.1) is 10.1 Å². The van der Waals surface area contributed by atoms with Gasteiger partial charge in [-0.25, -0.2) is 0 Å². The van der Waals surface area contributed by atoms with Gasteiger partial charge in [0.15, 0.2) is 0 Å². The zero-order valence-corrected chi connectivity index (χ0v) is 10.4. The lowest BCUT2D eigenvalue weighted by atomic mass is 10.1. The second-order valence-electron chi connectivity index (χ2n) is 3.95. The van der Waals surface area contributed by atoms with Crippen molar-refractivity contribution in [2.75, 3.05) is 19.0 Å². The molecule has 1 aromatic rings. The molecule has 0 radical (unpaired) electrons. The van der Waals surface area contributed by atoms with E-state index in [9.17, 15) is 10.1 Å². The molecule has 17 heavy (non-hydrogen) atoms. The van der Waals surface area contributed by atoms with Crippen LogP contribution in [0.25, 0.3) is 0 Å². The molecule has 1 atom stereocenters. The van der Waals surface area contributed by atoms with Crippen molar-refractivity contribution in [2.24, 2.45) is 0 Å². The fourth-order valence-electron chi connectivity index (χ4n) is 1.70. The number of nitrogens with one attached hydrogen (secondary N) is 1. The SMILES string of the molecule is CCc1ccc(NC(C)COC)cc1[N+](=O)[O-]. The monoisotopic (exact) mass is 238 g/mol. The molecule has 5 heteroatoms. The van der Waals surface area contributed by atoms with E-state index >= 15 is 0 Å². The van der Waals surface area contributed by atoms with Crippen molar-refractivity contribution in [3.8, 4) is 0 Å². The fraction of sp³-hybridized carbons (Fsp3) is 0.500. The molecule has 0 aromatic heterocycles. The van der Waals surface area contributed by atoms with Crippen LogP contribution in [-0.4, -0.2) is 24.7 Å². The van der Waals surface area contributed by atoms with Crippen LogP contribution in [0.3, 0.4) is 0 Å². The number of methoxy groups -OCH3 is 1. The molecule has 5 nitrogen and oxygen atoms in total. The van der Waals surface area contributed by atoms with Crippen molar-refractivity contribution in [3.05, 3.63) is 33.9 Å². The normalized spacial score (nSPS) is 12.2. The number of anilines is 1. The van der Waals surface area contributed by atoms with Crippen LogP contribution < -0.4 is 5.32 Å². The highest BCUT2D eigenvalue weighted by Crippen LogP contribution is 2.24. The first kappa shape index (κ1) is 13.4. The standard InChI is InChI=1S/C12H18N2O3/c1-4-10-5-6-11(7-12(10)14(15)16)13-9(2)8-17-3/h5-7,9,13H,4,8H2,1-3H3. The third-order valence-electron chi connectivity index (χ3n) is 2.49. The summed E-state index contributed by atoms with van der Waals surface area (Å²) in [6.45, 7) is 4.43. The number of ether oxygens (including phenoxy) is 1. The molecule has 0 saturated heterocycles. The summed E-state index contributed by atoms with van der Waals surface area (Å²) in [4.78, 5) is 10.6. The number of rotatable bonds is 6. The molecule has 0 saturated carbocycles. The van der Waals surface area contributed by atoms with E-state index in [4.69, 9.17) is 4.74 Å². The van der Waals surface area contributed by atoms with Gasteiger partial charge in [-0.2, -0.15) is 0 Å². The zero-order chi connectivity index (χ0) is 12.8. The molecule has 0 fully saturated rings. The van der Waals surface area contributed by atoms with Gasteiger partial charge in [0, 0.05) is 30.5 Å². The van der Waals surface area contributed by atoms with E-state index in [-0.39, 0.29) is 16.7 Å². The largest absolute Gasteiger partial charge is 0.383 e. The van der Waals surface area contributed by atoms with Gasteiger partial charge in [-0.05, 0) is 19.4 Å². The summed E-state index contributed by atoms with van der Waals surface area (Å²) in [5.74, 6) is 0. The van der Waals surface area contributed by atoms with Gasteiger partial charge in [0.25, 0.3) is 5.69 Å². The Morgan fingerprint density at radius 3 is 2.76 bits per heavy atom. The number of hydrogen-bond donors (Lipinski definition) is 1. The van der Waals surface area contributed by atoms with Crippen molar-refractivity contribution in [3.63, 3.8) is 0 Å². The minimum absolute atomic E-state index is 0.118. The first-order valence-corrected chi connectivity index (χ1v) is 5.61. The Labute approximate surface area is 101 Å². The number of benzene rings is 1. The van der Waals surface area contributed by atoms with E-state index in [1.807, 2.05) is 19.9 Å². The Balaban J connectivity index is 2.88. The lowest BCUT2D eigenvalue weighted by molar-refractivity contribution is -0.385. The van der Waals surface area contributed by atoms with E-state index < -0.39 is 0 Å². The first-order valence-electron chi connectivity index (χ1n) is 5.61. The molecule has 0 aliphatic heterocycles. The van der Waals surface area contributed by atoms with Crippen molar-refractivity contribution < 1.29 is 9.66 Å². The molecule has 1 unspecified atom stereocenters. The Hall–Kier alpha value is -1.62. The van der Waals surface area contributed by atoms with Crippen LogP contribution in [0.2, 0.25) is 0 Å². The minimum atomic E-state index is -0.342. The molecule has 1 aromatic carbocycles. The molecule has 94 valence electrons. The molecule has 0 aliphatic rings. The second-order valence-corrected chi connectivity index (χ2v) is 3.95. The number of nitrogens with zero attached hydrogens (tertiary/aromatic N) is 1. The number of nitro benzene ring substituents is 1. The quantitative estimate of drug-likeness (QED) is 0.611. The number of hydrogen-bond acceptors (Lipinski definition) is 4. The van der Waals surface area contributed by atoms with Gasteiger partial charge >= 0.3 is 0 Å². The molecule has 0 heterocycles. The molecule has 1 N–H and O–H groups in total. The van der Waals surface area contributed by atoms with Gasteiger partial charge in [-0.3, -0.25) is 10.1 Å². The summed E-state index contributed by atoms with van der Waals surface area (Å²) in [6.07, 6.45) is 0.657. The van der Waals surface area contributed by atoms with Crippen molar-refractivity contribution >= 4 is 11.4 Å². The van der Waals surface area contributed by atoms with E-state index in [0.717, 1.165) is 11.3 Å². The smallest absolute Gasteiger partial charge is 0.274 e. The van der Waals surface area contributed by atoms with Crippen LogP contribution in [0.1, 0.15) is 19.4 Å². The fourth-order valence-corrected chi connectivity index (χ4v) is 1.70. The second kappa shape index (κ2) is 6.20. The summed E-state index contributed by atoms with van der Waals surface area (Å²) in [6, 6.07) is 5.34. The highest BCUT2D eigenvalue weighted by Gasteiger charge is 2.13. The Morgan fingerprint density at radius 1 is 1.53 bits per heavy atom. The summed E-state index contributed by atoms with van der Waals surface area (Å²) in [7, 11) is 1.63. The van der Waals surface area contributed by atoms with Crippen LogP contribution in [-0.2, 0) is 11.2 Å². The zero-order valence-electron chi connectivity index (χ0n) is 10.4. The molecule has 0 bridgehead atoms. The highest BCUT2D eigenvalue weighted by atomic mass is 16.6. The van der Waals surface area contributed by atoms with E-state index in [2.05, 4.69) is 5.32 Å². The van der Waals surface area contributed by atoms with Gasteiger partial charge in [0.05, 0.1) is 11.5 Å². The van der Waals surface area contributed by atoms with Crippen LogP contribution in [0.15, 0.2) is 18.2 Å². The summed E-state index contributed by atoms with van der Waals surface area (Å²) in [5.41, 5.74) is 1.67. The predicted molar refractivity (Wildman–Crippen MR) is 67.4 cm³/mol. The van der Waals surface area contributed by atoms with E-state index in [1.165, 1.54) is 0 Å². The molecule has 1 rings (SSSR count). The van der Waals surface area contributed by atoms with E-state index in [1.54, 1.807) is 19.2 Å². The lowest BCUT2D eigenvalue weighted by Gasteiger charge is -2.14.